The van der Waals surface area contributed by atoms with E-state index in [1.807, 2.05) is 0 Å². The summed E-state index contributed by atoms with van der Waals surface area (Å²) in [7, 11) is 0. The second kappa shape index (κ2) is 8.85. The van der Waals surface area contributed by atoms with Crippen molar-refractivity contribution in [1.82, 2.24) is 0 Å². The Morgan fingerprint density at radius 3 is 2.50 bits per heavy atom. The molecule has 0 radical (unpaired) electrons. The van der Waals surface area contributed by atoms with Crippen LogP contribution in [0.5, 0.6) is 0 Å². The van der Waals surface area contributed by atoms with Crippen molar-refractivity contribution in [3.63, 3.8) is 0 Å². The third-order valence-corrected chi connectivity index (χ3v) is 5.06. The van der Waals surface area contributed by atoms with E-state index < -0.39 is 23.9 Å². The van der Waals surface area contributed by atoms with Crippen LogP contribution in [0.15, 0.2) is 63.7 Å². The summed E-state index contributed by atoms with van der Waals surface area (Å²) in [6, 6.07) is 13.3. The number of hydrogen-bond donors (Lipinski definition) is 2. The molecule has 0 saturated heterocycles. The van der Waals surface area contributed by atoms with Crippen LogP contribution in [0.1, 0.15) is 27.2 Å². The summed E-state index contributed by atoms with van der Waals surface area (Å²) in [4.78, 5) is 36.6. The van der Waals surface area contributed by atoms with Crippen LogP contribution < -0.4 is 10.6 Å². The Morgan fingerprint density at radius 1 is 1.07 bits per heavy atom. The maximum Gasteiger partial charge on any atom is 0.349 e. The number of furan rings is 1. The molecular formula is C19H15BrN2O5S. The van der Waals surface area contributed by atoms with Gasteiger partial charge in [-0.05, 0) is 55.5 Å². The van der Waals surface area contributed by atoms with Gasteiger partial charge in [0.25, 0.3) is 11.8 Å². The average Bonchev–Trinajstić information content (AvgIpc) is 3.35. The molecule has 3 rings (SSSR count). The Hall–Kier alpha value is -2.91. The molecule has 2 amide bonds. The number of rotatable bonds is 6. The van der Waals surface area contributed by atoms with Gasteiger partial charge in [-0.15, -0.1) is 11.3 Å². The van der Waals surface area contributed by atoms with E-state index in [1.54, 1.807) is 36.4 Å². The fraction of sp³-hybridized carbons (Fsp3) is 0.105. The zero-order chi connectivity index (χ0) is 20.1. The first-order valence-corrected chi connectivity index (χ1v) is 9.75. The highest BCUT2D eigenvalue weighted by Gasteiger charge is 2.21. The Balaban J connectivity index is 1.55. The van der Waals surface area contributed by atoms with Crippen molar-refractivity contribution in [1.29, 1.82) is 0 Å². The van der Waals surface area contributed by atoms with Gasteiger partial charge in [-0.1, -0.05) is 15.9 Å². The Kier molecular flexibility index (Phi) is 6.27. The van der Waals surface area contributed by atoms with Gasteiger partial charge in [0.05, 0.1) is 11.3 Å². The van der Waals surface area contributed by atoms with Gasteiger partial charge in [0.15, 0.2) is 11.9 Å². The zero-order valence-corrected chi connectivity index (χ0v) is 17.0. The Labute approximate surface area is 172 Å². The molecule has 0 spiro atoms. The molecule has 0 saturated carbocycles. The quantitative estimate of drug-likeness (QED) is 0.524. The molecule has 0 fully saturated rings. The monoisotopic (exact) mass is 462 g/mol. The topological polar surface area (TPSA) is 97.6 Å². The van der Waals surface area contributed by atoms with E-state index in [2.05, 4.69) is 26.6 Å². The van der Waals surface area contributed by atoms with Gasteiger partial charge in [-0.25, -0.2) is 4.79 Å². The molecule has 0 aliphatic carbocycles. The lowest BCUT2D eigenvalue weighted by molar-refractivity contribution is -0.123. The first kappa shape index (κ1) is 19.8. The van der Waals surface area contributed by atoms with Crippen molar-refractivity contribution in [2.24, 2.45) is 0 Å². The van der Waals surface area contributed by atoms with E-state index in [0.717, 1.165) is 15.8 Å². The molecule has 9 heteroatoms. The molecule has 0 aliphatic heterocycles. The highest BCUT2D eigenvalue weighted by atomic mass is 79.9. The minimum absolute atomic E-state index is 0.163. The molecule has 2 N–H and O–H groups in total. The minimum atomic E-state index is -0.987. The van der Waals surface area contributed by atoms with Crippen LogP contribution >= 0.6 is 27.3 Å². The van der Waals surface area contributed by atoms with Crippen LogP contribution in [0.25, 0.3) is 0 Å². The SMILES string of the molecule is CC(OC(=O)c1ccc(NC(=O)c2ccco2)s1)C(=O)Nc1ccc(Br)cc1. The first-order valence-electron chi connectivity index (χ1n) is 8.14. The van der Waals surface area contributed by atoms with Crippen molar-refractivity contribution in [2.75, 3.05) is 10.6 Å². The summed E-state index contributed by atoms with van der Waals surface area (Å²) in [6.45, 7) is 1.49. The van der Waals surface area contributed by atoms with Gasteiger partial charge in [0.2, 0.25) is 0 Å². The van der Waals surface area contributed by atoms with E-state index in [1.165, 1.54) is 25.3 Å². The summed E-state index contributed by atoms with van der Waals surface area (Å²) >= 11 is 4.36. The number of carbonyl (C=O) groups excluding carboxylic acids is 3. The van der Waals surface area contributed by atoms with Crippen LogP contribution in [0.3, 0.4) is 0 Å². The summed E-state index contributed by atoms with van der Waals surface area (Å²) in [5.41, 5.74) is 0.593. The number of esters is 1. The van der Waals surface area contributed by atoms with Crippen molar-refractivity contribution >= 4 is 55.7 Å². The van der Waals surface area contributed by atoms with E-state index >= 15 is 0 Å². The molecule has 1 aromatic carbocycles. The van der Waals surface area contributed by atoms with E-state index in [4.69, 9.17) is 9.15 Å². The maximum absolute atomic E-state index is 12.3. The highest BCUT2D eigenvalue weighted by molar-refractivity contribution is 9.10. The number of thiophene rings is 1. The van der Waals surface area contributed by atoms with Crippen LogP contribution in [0, 0.1) is 0 Å². The fourth-order valence-corrected chi connectivity index (χ4v) is 3.19. The number of hydrogen-bond acceptors (Lipinski definition) is 6. The van der Waals surface area contributed by atoms with E-state index in [9.17, 15) is 14.4 Å². The van der Waals surface area contributed by atoms with Crippen molar-refractivity contribution in [3.8, 4) is 0 Å². The summed E-state index contributed by atoms with van der Waals surface area (Å²) < 4.78 is 11.1. The average molecular weight is 463 g/mol. The Morgan fingerprint density at radius 2 is 1.82 bits per heavy atom. The number of ether oxygens (including phenoxy) is 1. The summed E-state index contributed by atoms with van der Waals surface area (Å²) in [5.74, 6) is -1.36. The number of anilines is 2. The Bertz CT molecular complexity index is 982. The smallest absolute Gasteiger partial charge is 0.349 e. The maximum atomic E-state index is 12.3. The minimum Gasteiger partial charge on any atom is -0.459 e. The van der Waals surface area contributed by atoms with Crippen LogP contribution in [0.2, 0.25) is 0 Å². The van der Waals surface area contributed by atoms with Gasteiger partial charge in [-0.3, -0.25) is 9.59 Å². The standard InChI is InChI=1S/C19H15BrN2O5S/c1-11(17(23)21-13-6-4-12(20)5-7-13)27-19(25)15-8-9-16(28-15)22-18(24)14-3-2-10-26-14/h2-11H,1H3,(H,21,23)(H,22,24). The second-order valence-electron chi connectivity index (χ2n) is 5.64. The van der Waals surface area contributed by atoms with Gasteiger partial charge < -0.3 is 19.8 Å². The van der Waals surface area contributed by atoms with Crippen LogP contribution in [-0.2, 0) is 9.53 Å². The summed E-state index contributed by atoms with van der Waals surface area (Å²) in [6.07, 6.45) is 0.409. The summed E-state index contributed by atoms with van der Waals surface area (Å²) in [5, 5.41) is 5.76. The number of amides is 2. The number of halogens is 1. The zero-order valence-electron chi connectivity index (χ0n) is 14.6. The van der Waals surface area contributed by atoms with Crippen LogP contribution in [0.4, 0.5) is 10.7 Å². The third kappa shape index (κ3) is 5.08. The normalized spacial score (nSPS) is 11.5. The molecule has 28 heavy (non-hydrogen) atoms. The molecule has 7 nitrogen and oxygen atoms in total. The number of benzene rings is 1. The molecule has 2 heterocycles. The van der Waals surface area contributed by atoms with Gasteiger partial charge in [0, 0.05) is 10.2 Å². The second-order valence-corrected chi connectivity index (χ2v) is 7.64. The molecule has 0 aliphatic rings. The molecule has 2 aromatic heterocycles. The molecular weight excluding hydrogens is 448 g/mol. The number of nitrogens with one attached hydrogen (secondary N) is 2. The highest BCUT2D eigenvalue weighted by Crippen LogP contribution is 2.24. The van der Waals surface area contributed by atoms with Gasteiger partial charge in [-0.2, -0.15) is 0 Å². The molecule has 1 atom stereocenters. The largest absolute Gasteiger partial charge is 0.459 e. The third-order valence-electron chi connectivity index (χ3n) is 3.55. The first-order chi connectivity index (χ1) is 13.4. The molecule has 144 valence electrons. The van der Waals surface area contributed by atoms with Gasteiger partial charge in [0.1, 0.15) is 4.88 Å². The lowest BCUT2D eigenvalue weighted by Crippen LogP contribution is -2.29. The van der Waals surface area contributed by atoms with Crippen molar-refractivity contribution in [3.05, 3.63) is 69.9 Å². The van der Waals surface area contributed by atoms with E-state index in [0.29, 0.717) is 10.7 Å². The molecule has 1 unspecified atom stereocenters. The lowest BCUT2D eigenvalue weighted by atomic mass is 10.3. The predicted molar refractivity (Wildman–Crippen MR) is 109 cm³/mol. The van der Waals surface area contributed by atoms with Crippen molar-refractivity contribution in [2.45, 2.75) is 13.0 Å². The van der Waals surface area contributed by atoms with Gasteiger partial charge >= 0.3 is 5.97 Å². The number of carbonyl (C=O) groups is 3. The van der Waals surface area contributed by atoms with E-state index in [-0.39, 0.29) is 10.6 Å². The van der Waals surface area contributed by atoms with Crippen LogP contribution in [-0.4, -0.2) is 23.9 Å². The lowest BCUT2D eigenvalue weighted by Gasteiger charge is -2.13. The molecule has 0 bridgehead atoms. The molecule has 3 aromatic rings. The predicted octanol–water partition coefficient (Wildman–Crippen LogP) is 4.54. The fourth-order valence-electron chi connectivity index (χ4n) is 2.15. The van der Waals surface area contributed by atoms with Crippen molar-refractivity contribution < 1.29 is 23.5 Å².